The van der Waals surface area contributed by atoms with Crippen LogP contribution in [0.3, 0.4) is 0 Å². The van der Waals surface area contributed by atoms with Gasteiger partial charge in [-0.1, -0.05) is 25.4 Å². The molecule has 1 aromatic heterocycles. The third-order valence-electron chi connectivity index (χ3n) is 2.17. The second-order valence-corrected chi connectivity index (χ2v) is 3.83. The maximum Gasteiger partial charge on any atom is 0.110 e. The molecule has 2 N–H and O–H groups in total. The van der Waals surface area contributed by atoms with Crippen LogP contribution in [0.25, 0.3) is 0 Å². The zero-order chi connectivity index (χ0) is 11.3. The summed E-state index contributed by atoms with van der Waals surface area (Å²) in [5.74, 6) is 0. The van der Waals surface area contributed by atoms with Gasteiger partial charge in [0, 0.05) is 13.1 Å². The summed E-state index contributed by atoms with van der Waals surface area (Å²) in [6, 6.07) is 0. The van der Waals surface area contributed by atoms with Crippen molar-refractivity contribution < 1.29 is 5.11 Å². The molecule has 0 amide bonds. The lowest BCUT2D eigenvalue weighted by Gasteiger charge is -2.13. The van der Waals surface area contributed by atoms with E-state index in [1.165, 1.54) is 0 Å². The molecule has 0 aromatic carbocycles. The minimum atomic E-state index is -0.591. The van der Waals surface area contributed by atoms with Crippen LogP contribution in [0.4, 0.5) is 0 Å². The van der Waals surface area contributed by atoms with Gasteiger partial charge in [0.25, 0.3) is 0 Å². The van der Waals surface area contributed by atoms with Crippen LogP contribution in [-0.2, 0) is 6.54 Å². The molecule has 0 aliphatic carbocycles. The van der Waals surface area contributed by atoms with Crippen LogP contribution in [0.1, 0.15) is 32.1 Å². The average molecular weight is 232 g/mol. The van der Waals surface area contributed by atoms with E-state index in [0.717, 1.165) is 19.5 Å². The van der Waals surface area contributed by atoms with Crippen LogP contribution in [0, 0.1) is 0 Å². The lowest BCUT2D eigenvalue weighted by atomic mass is 10.2. The highest BCUT2D eigenvalue weighted by molar-refractivity contribution is 6.31. The molecular formula is C10H18ClN3O. The minimum absolute atomic E-state index is 0.506. The van der Waals surface area contributed by atoms with E-state index in [4.69, 9.17) is 11.6 Å². The molecule has 15 heavy (non-hydrogen) atoms. The Morgan fingerprint density at radius 3 is 2.93 bits per heavy atom. The minimum Gasteiger partial charge on any atom is -0.385 e. The van der Waals surface area contributed by atoms with Crippen molar-refractivity contribution in [2.24, 2.45) is 0 Å². The van der Waals surface area contributed by atoms with Crippen LogP contribution < -0.4 is 5.32 Å². The van der Waals surface area contributed by atoms with Crippen molar-refractivity contribution in [2.75, 3.05) is 13.1 Å². The molecule has 4 nitrogen and oxygen atoms in total. The number of aromatic nitrogens is 2. The first kappa shape index (κ1) is 12.5. The number of aliphatic hydroxyl groups excluding tert-OH is 1. The third kappa shape index (κ3) is 3.19. The van der Waals surface area contributed by atoms with Crippen LogP contribution in [0.2, 0.25) is 5.02 Å². The molecule has 1 rings (SSSR count). The third-order valence-corrected chi connectivity index (χ3v) is 2.46. The molecule has 0 bridgehead atoms. The van der Waals surface area contributed by atoms with E-state index in [-0.39, 0.29) is 0 Å². The molecule has 0 saturated heterocycles. The van der Waals surface area contributed by atoms with Gasteiger partial charge in [0.05, 0.1) is 16.9 Å². The molecule has 1 atom stereocenters. The van der Waals surface area contributed by atoms with Gasteiger partial charge in [0.15, 0.2) is 0 Å². The first-order valence-corrected chi connectivity index (χ1v) is 5.68. The van der Waals surface area contributed by atoms with Gasteiger partial charge in [-0.2, -0.15) is 5.10 Å². The molecule has 1 aromatic rings. The fourth-order valence-electron chi connectivity index (χ4n) is 1.47. The number of hydrogen-bond donors (Lipinski definition) is 2. The first-order valence-electron chi connectivity index (χ1n) is 5.30. The Balaban J connectivity index is 2.75. The highest BCUT2D eigenvalue weighted by Gasteiger charge is 2.16. The van der Waals surface area contributed by atoms with Gasteiger partial charge in [0.2, 0.25) is 0 Å². The van der Waals surface area contributed by atoms with Crippen molar-refractivity contribution in [3.8, 4) is 0 Å². The van der Waals surface area contributed by atoms with E-state index in [9.17, 15) is 5.11 Å². The topological polar surface area (TPSA) is 50.1 Å². The maximum atomic E-state index is 9.92. The highest BCUT2D eigenvalue weighted by atomic mass is 35.5. The van der Waals surface area contributed by atoms with Crippen LogP contribution >= 0.6 is 11.6 Å². The molecule has 0 aliphatic rings. The second-order valence-electron chi connectivity index (χ2n) is 3.42. The molecule has 1 heterocycles. The molecule has 0 fully saturated rings. The Bertz CT molecular complexity index is 301. The van der Waals surface area contributed by atoms with Gasteiger partial charge in [-0.05, 0) is 13.0 Å². The quantitative estimate of drug-likeness (QED) is 0.782. The number of nitrogens with one attached hydrogen (secondary N) is 1. The molecule has 0 spiro atoms. The maximum absolute atomic E-state index is 9.92. The Labute approximate surface area is 95.2 Å². The second kappa shape index (κ2) is 6.10. The van der Waals surface area contributed by atoms with Gasteiger partial charge in [-0.3, -0.25) is 4.68 Å². The predicted octanol–water partition coefficient (Wildman–Crippen LogP) is 1.59. The van der Waals surface area contributed by atoms with Crippen molar-refractivity contribution in [1.29, 1.82) is 0 Å². The summed E-state index contributed by atoms with van der Waals surface area (Å²) in [7, 11) is 0. The fraction of sp³-hybridized carbons (Fsp3) is 0.700. The summed E-state index contributed by atoms with van der Waals surface area (Å²) in [6.45, 7) is 6.18. The van der Waals surface area contributed by atoms with E-state index in [1.54, 1.807) is 10.9 Å². The van der Waals surface area contributed by atoms with Crippen molar-refractivity contribution in [1.82, 2.24) is 15.1 Å². The summed E-state index contributed by atoms with van der Waals surface area (Å²) in [5.41, 5.74) is 0.708. The lowest BCUT2D eigenvalue weighted by molar-refractivity contribution is 0.164. The van der Waals surface area contributed by atoms with E-state index in [2.05, 4.69) is 17.3 Å². The van der Waals surface area contributed by atoms with Crippen molar-refractivity contribution in [3.05, 3.63) is 16.9 Å². The van der Waals surface area contributed by atoms with E-state index in [0.29, 0.717) is 17.3 Å². The van der Waals surface area contributed by atoms with Crippen LogP contribution in [0.5, 0.6) is 0 Å². The van der Waals surface area contributed by atoms with Crippen molar-refractivity contribution in [3.63, 3.8) is 0 Å². The van der Waals surface area contributed by atoms with E-state index >= 15 is 0 Å². The summed E-state index contributed by atoms with van der Waals surface area (Å²) in [4.78, 5) is 0. The summed E-state index contributed by atoms with van der Waals surface area (Å²) >= 11 is 5.98. The predicted molar refractivity (Wildman–Crippen MR) is 61.0 cm³/mol. The van der Waals surface area contributed by atoms with Gasteiger partial charge in [-0.25, -0.2) is 0 Å². The van der Waals surface area contributed by atoms with Gasteiger partial charge < -0.3 is 10.4 Å². The van der Waals surface area contributed by atoms with Crippen molar-refractivity contribution >= 4 is 11.6 Å². The number of aliphatic hydroxyl groups is 1. The van der Waals surface area contributed by atoms with Gasteiger partial charge in [-0.15, -0.1) is 0 Å². The summed E-state index contributed by atoms with van der Waals surface area (Å²) < 4.78 is 1.77. The zero-order valence-corrected chi connectivity index (χ0v) is 9.96. The normalized spacial score (nSPS) is 13.1. The molecule has 0 saturated carbocycles. The van der Waals surface area contributed by atoms with E-state index in [1.807, 2.05) is 6.92 Å². The van der Waals surface area contributed by atoms with E-state index < -0.39 is 6.10 Å². The molecular weight excluding hydrogens is 214 g/mol. The van der Waals surface area contributed by atoms with Crippen molar-refractivity contribution in [2.45, 2.75) is 32.9 Å². The average Bonchev–Trinajstić information content (AvgIpc) is 2.57. The number of aryl methyl sites for hydroxylation is 1. The number of halogens is 1. The summed E-state index contributed by atoms with van der Waals surface area (Å²) in [6.07, 6.45) is 1.96. The number of likely N-dealkylation sites (N-methyl/N-ethyl adjacent to an activating group) is 1. The largest absolute Gasteiger partial charge is 0.385 e. The zero-order valence-electron chi connectivity index (χ0n) is 9.20. The van der Waals surface area contributed by atoms with Crippen LogP contribution in [0.15, 0.2) is 6.20 Å². The molecule has 0 aliphatic heterocycles. The summed E-state index contributed by atoms with van der Waals surface area (Å²) in [5, 5.41) is 17.7. The SMILES string of the molecule is CCCn1ncc(Cl)c1C(O)CNCC. The monoisotopic (exact) mass is 231 g/mol. The molecule has 1 unspecified atom stereocenters. The number of hydrogen-bond acceptors (Lipinski definition) is 3. The highest BCUT2D eigenvalue weighted by Crippen LogP contribution is 2.22. The standard InChI is InChI=1S/C10H18ClN3O/c1-3-5-14-10(8(11)6-13-14)9(15)7-12-4-2/h6,9,12,15H,3-5,7H2,1-2H3. The fourth-order valence-corrected chi connectivity index (χ4v) is 1.74. The Morgan fingerprint density at radius 2 is 2.33 bits per heavy atom. The molecule has 5 heteroatoms. The molecule has 86 valence electrons. The number of rotatable bonds is 6. The Hall–Kier alpha value is -0.580. The smallest absolute Gasteiger partial charge is 0.110 e. The Morgan fingerprint density at radius 1 is 1.60 bits per heavy atom. The number of nitrogens with zero attached hydrogens (tertiary/aromatic N) is 2. The lowest BCUT2D eigenvalue weighted by Crippen LogP contribution is -2.23. The molecule has 0 radical (unpaired) electrons. The van der Waals surface area contributed by atoms with Gasteiger partial charge >= 0.3 is 0 Å². The Kier molecular flexibility index (Phi) is 5.08. The first-order chi connectivity index (χ1) is 7.20. The van der Waals surface area contributed by atoms with Gasteiger partial charge in [0.1, 0.15) is 6.10 Å². The van der Waals surface area contributed by atoms with Crippen LogP contribution in [-0.4, -0.2) is 28.0 Å².